The molecule has 0 bridgehead atoms. The molecule has 5 heteroatoms. The Hall–Kier alpha value is -0.820. The van der Waals surface area contributed by atoms with Crippen LogP contribution in [0.1, 0.15) is 16.8 Å². The highest BCUT2D eigenvalue weighted by molar-refractivity contribution is 14.1. The Morgan fingerprint density at radius 2 is 2.25 bits per heavy atom. The van der Waals surface area contributed by atoms with Gasteiger partial charge in [-0.1, -0.05) is 0 Å². The predicted octanol–water partition coefficient (Wildman–Crippen LogP) is 1.42. The number of carbonyl (C=O) groups is 1. The zero-order valence-electron chi connectivity index (χ0n) is 9.11. The molecule has 0 fully saturated rings. The molecule has 1 amide bonds. The van der Waals surface area contributed by atoms with E-state index in [0.717, 1.165) is 9.99 Å². The van der Waals surface area contributed by atoms with E-state index in [1.807, 2.05) is 0 Å². The molecule has 0 saturated heterocycles. The van der Waals surface area contributed by atoms with Crippen LogP contribution in [-0.2, 0) is 0 Å². The first-order chi connectivity index (χ1) is 7.56. The number of phenolic OH excluding ortho intramolecular Hbond substituents is 1. The van der Waals surface area contributed by atoms with E-state index in [-0.39, 0.29) is 11.7 Å². The summed E-state index contributed by atoms with van der Waals surface area (Å²) in [7, 11) is 1.71. The summed E-state index contributed by atoms with van der Waals surface area (Å²) in [6.07, 6.45) is 0.757. The van der Waals surface area contributed by atoms with Crippen molar-refractivity contribution in [2.45, 2.75) is 6.42 Å². The van der Waals surface area contributed by atoms with Crippen molar-refractivity contribution in [2.24, 2.45) is 5.73 Å². The zero-order valence-corrected chi connectivity index (χ0v) is 11.3. The summed E-state index contributed by atoms with van der Waals surface area (Å²) < 4.78 is 0.922. The first-order valence-corrected chi connectivity index (χ1v) is 6.08. The van der Waals surface area contributed by atoms with Gasteiger partial charge in [0.1, 0.15) is 5.75 Å². The molecule has 1 aromatic carbocycles. The number of hydrogen-bond donors (Lipinski definition) is 2. The van der Waals surface area contributed by atoms with Crippen LogP contribution in [0.2, 0.25) is 0 Å². The number of phenols is 1. The molecule has 0 aliphatic rings. The van der Waals surface area contributed by atoms with Crippen LogP contribution in [0.5, 0.6) is 5.75 Å². The number of aromatic hydroxyl groups is 1. The third-order valence-electron chi connectivity index (χ3n) is 2.23. The van der Waals surface area contributed by atoms with Crippen molar-refractivity contribution in [3.8, 4) is 5.75 Å². The monoisotopic (exact) mass is 334 g/mol. The third kappa shape index (κ3) is 3.34. The molecule has 0 atom stereocenters. The van der Waals surface area contributed by atoms with Crippen LogP contribution in [0.25, 0.3) is 0 Å². The fourth-order valence-electron chi connectivity index (χ4n) is 1.32. The summed E-state index contributed by atoms with van der Waals surface area (Å²) in [6, 6.07) is 4.97. The lowest BCUT2D eigenvalue weighted by Gasteiger charge is -2.17. The van der Waals surface area contributed by atoms with Gasteiger partial charge in [-0.15, -0.1) is 0 Å². The minimum absolute atomic E-state index is 0.0185. The van der Waals surface area contributed by atoms with Gasteiger partial charge in [-0.3, -0.25) is 4.79 Å². The molecule has 0 heterocycles. The molecule has 1 rings (SSSR count). The number of nitrogens with zero attached hydrogens (tertiary/aromatic N) is 1. The van der Waals surface area contributed by atoms with Crippen LogP contribution in [0.4, 0.5) is 0 Å². The standard InChI is InChI=1S/C11H15IN2O2/c1-14(6-2-5-13)11(16)9-7-8(12)3-4-10(9)15/h3-4,7,15H,2,5-6,13H2,1H3. The van der Waals surface area contributed by atoms with E-state index in [1.165, 1.54) is 6.07 Å². The molecule has 0 aliphatic heterocycles. The number of halogens is 1. The highest BCUT2D eigenvalue weighted by atomic mass is 127. The van der Waals surface area contributed by atoms with Crippen molar-refractivity contribution >= 4 is 28.5 Å². The fourth-order valence-corrected chi connectivity index (χ4v) is 1.81. The summed E-state index contributed by atoms with van der Waals surface area (Å²) in [4.78, 5) is 13.5. The van der Waals surface area contributed by atoms with Crippen LogP contribution in [0.3, 0.4) is 0 Å². The highest BCUT2D eigenvalue weighted by Crippen LogP contribution is 2.20. The van der Waals surface area contributed by atoms with Gasteiger partial charge in [0.2, 0.25) is 0 Å². The van der Waals surface area contributed by atoms with Crippen molar-refractivity contribution in [2.75, 3.05) is 20.1 Å². The van der Waals surface area contributed by atoms with E-state index in [4.69, 9.17) is 5.73 Å². The summed E-state index contributed by atoms with van der Waals surface area (Å²) in [6.45, 7) is 1.15. The smallest absolute Gasteiger partial charge is 0.257 e. The number of hydrogen-bond acceptors (Lipinski definition) is 3. The Morgan fingerprint density at radius 1 is 1.56 bits per heavy atom. The number of nitrogens with two attached hydrogens (primary N) is 1. The Labute approximate surface area is 109 Å². The Balaban J connectivity index is 2.83. The van der Waals surface area contributed by atoms with Gasteiger partial charge in [0, 0.05) is 17.2 Å². The van der Waals surface area contributed by atoms with E-state index in [0.29, 0.717) is 18.7 Å². The summed E-state index contributed by atoms with van der Waals surface area (Å²) in [5.41, 5.74) is 5.72. The van der Waals surface area contributed by atoms with E-state index < -0.39 is 0 Å². The predicted molar refractivity (Wildman–Crippen MR) is 71.5 cm³/mol. The Kier molecular flexibility index (Phi) is 5.01. The lowest BCUT2D eigenvalue weighted by atomic mass is 10.2. The molecule has 16 heavy (non-hydrogen) atoms. The minimum Gasteiger partial charge on any atom is -0.507 e. The van der Waals surface area contributed by atoms with Gasteiger partial charge in [-0.05, 0) is 53.8 Å². The zero-order chi connectivity index (χ0) is 12.1. The van der Waals surface area contributed by atoms with Gasteiger partial charge in [0.25, 0.3) is 5.91 Å². The van der Waals surface area contributed by atoms with Gasteiger partial charge in [-0.25, -0.2) is 0 Å². The van der Waals surface area contributed by atoms with Crippen molar-refractivity contribution in [1.29, 1.82) is 0 Å². The second kappa shape index (κ2) is 6.05. The number of rotatable bonds is 4. The number of benzene rings is 1. The van der Waals surface area contributed by atoms with Gasteiger partial charge >= 0.3 is 0 Å². The lowest BCUT2D eigenvalue weighted by molar-refractivity contribution is 0.0791. The van der Waals surface area contributed by atoms with Gasteiger partial charge in [-0.2, -0.15) is 0 Å². The van der Waals surface area contributed by atoms with E-state index in [9.17, 15) is 9.90 Å². The van der Waals surface area contributed by atoms with Crippen molar-refractivity contribution < 1.29 is 9.90 Å². The molecule has 0 saturated carbocycles. The maximum atomic E-state index is 11.9. The second-order valence-electron chi connectivity index (χ2n) is 3.53. The summed E-state index contributed by atoms with van der Waals surface area (Å²) >= 11 is 2.11. The van der Waals surface area contributed by atoms with Crippen LogP contribution in [-0.4, -0.2) is 36.1 Å². The quantitative estimate of drug-likeness (QED) is 0.819. The molecular weight excluding hydrogens is 319 g/mol. The van der Waals surface area contributed by atoms with Crippen LogP contribution >= 0.6 is 22.6 Å². The molecule has 0 aromatic heterocycles. The molecular formula is C11H15IN2O2. The normalized spacial score (nSPS) is 10.2. The van der Waals surface area contributed by atoms with Crippen molar-refractivity contribution in [3.05, 3.63) is 27.3 Å². The summed E-state index contributed by atoms with van der Waals surface area (Å²) in [5, 5.41) is 9.60. The summed E-state index contributed by atoms with van der Waals surface area (Å²) in [5.74, 6) is -0.158. The maximum absolute atomic E-state index is 11.9. The lowest BCUT2D eigenvalue weighted by Crippen LogP contribution is -2.29. The Morgan fingerprint density at radius 3 is 2.88 bits per heavy atom. The van der Waals surface area contributed by atoms with Gasteiger partial charge in [0.05, 0.1) is 5.56 Å². The van der Waals surface area contributed by atoms with Crippen LogP contribution < -0.4 is 5.73 Å². The molecule has 0 radical (unpaired) electrons. The molecule has 1 aromatic rings. The molecule has 0 unspecified atom stereocenters. The van der Waals surface area contributed by atoms with Gasteiger partial charge < -0.3 is 15.7 Å². The molecule has 0 spiro atoms. The fraction of sp³-hybridized carbons (Fsp3) is 0.364. The maximum Gasteiger partial charge on any atom is 0.257 e. The highest BCUT2D eigenvalue weighted by Gasteiger charge is 2.15. The van der Waals surface area contributed by atoms with Gasteiger partial charge in [0.15, 0.2) is 0 Å². The minimum atomic E-state index is -0.176. The van der Waals surface area contributed by atoms with E-state index in [2.05, 4.69) is 22.6 Å². The van der Waals surface area contributed by atoms with Crippen LogP contribution in [0, 0.1) is 3.57 Å². The molecule has 88 valence electrons. The number of amides is 1. The molecule has 3 N–H and O–H groups in total. The third-order valence-corrected chi connectivity index (χ3v) is 2.90. The van der Waals surface area contributed by atoms with Crippen LogP contribution in [0.15, 0.2) is 18.2 Å². The molecule has 0 aliphatic carbocycles. The number of carbonyl (C=O) groups excluding carboxylic acids is 1. The largest absolute Gasteiger partial charge is 0.507 e. The Bertz CT molecular complexity index is 382. The average Bonchev–Trinajstić information content (AvgIpc) is 2.28. The van der Waals surface area contributed by atoms with E-state index >= 15 is 0 Å². The molecule has 4 nitrogen and oxygen atoms in total. The average molecular weight is 334 g/mol. The SMILES string of the molecule is CN(CCCN)C(=O)c1cc(I)ccc1O. The van der Waals surface area contributed by atoms with E-state index in [1.54, 1.807) is 24.1 Å². The van der Waals surface area contributed by atoms with Crippen molar-refractivity contribution in [3.63, 3.8) is 0 Å². The van der Waals surface area contributed by atoms with Crippen molar-refractivity contribution in [1.82, 2.24) is 4.90 Å². The topological polar surface area (TPSA) is 66.6 Å². The first-order valence-electron chi connectivity index (χ1n) is 5.00. The first kappa shape index (κ1) is 13.2. The second-order valence-corrected chi connectivity index (χ2v) is 4.78.